The van der Waals surface area contributed by atoms with Crippen molar-refractivity contribution in [2.24, 2.45) is 0 Å². The van der Waals surface area contributed by atoms with Crippen molar-refractivity contribution in [3.8, 4) is 0 Å². The molecule has 0 amide bonds. The Morgan fingerprint density at radius 3 is 2.23 bits per heavy atom. The summed E-state index contributed by atoms with van der Waals surface area (Å²) in [6, 6.07) is 9.71. The zero-order valence-electron chi connectivity index (χ0n) is 15.5. The summed E-state index contributed by atoms with van der Waals surface area (Å²) in [5, 5.41) is 0. The van der Waals surface area contributed by atoms with Crippen molar-refractivity contribution in [2.45, 2.75) is 64.2 Å². The van der Waals surface area contributed by atoms with Crippen LogP contribution in [0.15, 0.2) is 30.3 Å². The zero-order chi connectivity index (χ0) is 19.1. The van der Waals surface area contributed by atoms with Gasteiger partial charge in [0, 0.05) is 13.8 Å². The van der Waals surface area contributed by atoms with Gasteiger partial charge in [-0.05, 0) is 18.2 Å². The van der Waals surface area contributed by atoms with Gasteiger partial charge in [0.05, 0.1) is 12.7 Å². The third-order valence-electron chi connectivity index (χ3n) is 3.95. The molecule has 1 unspecified atom stereocenters. The van der Waals surface area contributed by atoms with Crippen LogP contribution < -0.4 is 0 Å². The van der Waals surface area contributed by atoms with E-state index in [2.05, 4.69) is 0 Å². The summed E-state index contributed by atoms with van der Waals surface area (Å²) in [6.07, 6.45) is -2.41. The smallest absolute Gasteiger partial charge is 0.303 e. The second kappa shape index (κ2) is 9.94. The van der Waals surface area contributed by atoms with Crippen LogP contribution in [0.3, 0.4) is 0 Å². The summed E-state index contributed by atoms with van der Waals surface area (Å²) in [4.78, 5) is 23.2. The first-order chi connectivity index (χ1) is 12.4. The maximum absolute atomic E-state index is 11.7. The lowest BCUT2D eigenvalue weighted by atomic mass is 10.00. The molecule has 0 saturated carbocycles. The Morgan fingerprint density at radius 2 is 1.65 bits per heavy atom. The molecule has 1 aliphatic rings. The van der Waals surface area contributed by atoms with Crippen LogP contribution in [0.2, 0.25) is 0 Å². The molecule has 7 heteroatoms. The number of rotatable bonds is 7. The topological polar surface area (TPSA) is 71.1 Å². The fraction of sp³-hybridized carbons (Fsp3) is 0.579. The van der Waals surface area contributed by atoms with Gasteiger partial charge in [0.25, 0.3) is 0 Å². The Morgan fingerprint density at radius 1 is 1.04 bits per heavy atom. The highest BCUT2D eigenvalue weighted by atomic mass is 32.2. The Bertz CT molecular complexity index is 593. The number of esters is 2. The van der Waals surface area contributed by atoms with E-state index in [-0.39, 0.29) is 5.44 Å². The van der Waals surface area contributed by atoms with Crippen LogP contribution in [-0.4, -0.2) is 47.5 Å². The number of thioether (sulfide) groups is 1. The van der Waals surface area contributed by atoms with Crippen molar-refractivity contribution in [1.82, 2.24) is 0 Å². The molecule has 0 N–H and O–H groups in total. The fourth-order valence-electron chi connectivity index (χ4n) is 2.89. The Balaban J connectivity index is 2.23. The highest BCUT2D eigenvalue weighted by molar-refractivity contribution is 7.99. The Labute approximate surface area is 158 Å². The van der Waals surface area contributed by atoms with Crippen LogP contribution in [0.4, 0.5) is 0 Å². The van der Waals surface area contributed by atoms with E-state index in [1.807, 2.05) is 37.3 Å². The summed E-state index contributed by atoms with van der Waals surface area (Å²) in [5.74, 6) is -0.0889. The van der Waals surface area contributed by atoms with Crippen molar-refractivity contribution in [3.05, 3.63) is 35.9 Å². The van der Waals surface area contributed by atoms with Crippen molar-refractivity contribution >= 4 is 23.7 Å². The van der Waals surface area contributed by atoms with E-state index in [9.17, 15) is 9.59 Å². The molecule has 0 aliphatic carbocycles. The van der Waals surface area contributed by atoms with E-state index >= 15 is 0 Å². The average Bonchev–Trinajstić information content (AvgIpc) is 2.58. The second-order valence-electron chi connectivity index (χ2n) is 6.07. The first-order valence-corrected chi connectivity index (χ1v) is 9.74. The Kier molecular flexibility index (Phi) is 7.93. The standard InChI is InChI=1S/C19H26O6S/c1-5-26-19-18(22-11-15-9-7-6-8-10-15)17(25-14(4)21)16(12(2)23-19)24-13(3)20/h6-10,12,16-19H,5,11H2,1-4H3/t12-,16+,17+,18-,19?/m0/s1. The summed E-state index contributed by atoms with van der Waals surface area (Å²) >= 11 is 1.57. The minimum Gasteiger partial charge on any atom is -0.456 e. The third kappa shape index (κ3) is 5.72. The molecule has 0 radical (unpaired) electrons. The van der Waals surface area contributed by atoms with E-state index < -0.39 is 36.4 Å². The van der Waals surface area contributed by atoms with E-state index in [1.165, 1.54) is 13.8 Å². The SMILES string of the molecule is CCSC1O[C@@H](C)[C@@H](OC(C)=O)[C@@H](OC(C)=O)[C@@H]1OCc1ccccc1. The van der Waals surface area contributed by atoms with Crippen molar-refractivity contribution in [2.75, 3.05) is 5.75 Å². The van der Waals surface area contributed by atoms with Crippen LogP contribution in [0.1, 0.15) is 33.3 Å². The molecule has 1 fully saturated rings. The minimum absolute atomic E-state index is 0.324. The van der Waals surface area contributed by atoms with Gasteiger partial charge in [-0.25, -0.2) is 0 Å². The normalized spacial score (nSPS) is 28.4. The fourth-order valence-corrected chi connectivity index (χ4v) is 3.90. The molecule has 26 heavy (non-hydrogen) atoms. The minimum atomic E-state index is -0.729. The molecule has 1 aromatic carbocycles. The van der Waals surface area contributed by atoms with Gasteiger partial charge in [-0.1, -0.05) is 37.3 Å². The van der Waals surface area contributed by atoms with Gasteiger partial charge in [0.15, 0.2) is 12.2 Å². The van der Waals surface area contributed by atoms with Gasteiger partial charge in [-0.2, -0.15) is 0 Å². The largest absolute Gasteiger partial charge is 0.456 e. The molecular formula is C19H26O6S. The van der Waals surface area contributed by atoms with Gasteiger partial charge in [0.2, 0.25) is 0 Å². The lowest BCUT2D eigenvalue weighted by Crippen LogP contribution is -2.59. The lowest BCUT2D eigenvalue weighted by molar-refractivity contribution is -0.232. The monoisotopic (exact) mass is 382 g/mol. The molecule has 1 aliphatic heterocycles. The van der Waals surface area contributed by atoms with Crippen molar-refractivity contribution in [1.29, 1.82) is 0 Å². The number of hydrogen-bond donors (Lipinski definition) is 0. The maximum atomic E-state index is 11.7. The maximum Gasteiger partial charge on any atom is 0.303 e. The molecule has 6 nitrogen and oxygen atoms in total. The van der Waals surface area contributed by atoms with Crippen LogP contribution in [0.25, 0.3) is 0 Å². The number of carbonyl (C=O) groups excluding carboxylic acids is 2. The molecule has 1 saturated heterocycles. The van der Waals surface area contributed by atoms with Crippen molar-refractivity contribution in [3.63, 3.8) is 0 Å². The predicted molar refractivity (Wildman–Crippen MR) is 98.6 cm³/mol. The number of carbonyl (C=O) groups is 2. The van der Waals surface area contributed by atoms with Gasteiger partial charge in [-0.15, -0.1) is 11.8 Å². The highest BCUT2D eigenvalue weighted by Crippen LogP contribution is 2.34. The van der Waals surface area contributed by atoms with Gasteiger partial charge in [0.1, 0.15) is 11.5 Å². The highest BCUT2D eigenvalue weighted by Gasteiger charge is 2.49. The van der Waals surface area contributed by atoms with Crippen LogP contribution in [0.5, 0.6) is 0 Å². The Hall–Kier alpha value is -1.57. The molecule has 5 atom stereocenters. The van der Waals surface area contributed by atoms with Gasteiger partial charge in [-0.3, -0.25) is 9.59 Å². The van der Waals surface area contributed by atoms with Crippen LogP contribution >= 0.6 is 11.8 Å². The van der Waals surface area contributed by atoms with E-state index in [0.717, 1.165) is 11.3 Å². The third-order valence-corrected chi connectivity index (χ3v) is 4.99. The second-order valence-corrected chi connectivity index (χ2v) is 7.45. The number of hydrogen-bond acceptors (Lipinski definition) is 7. The molecule has 1 aromatic rings. The average molecular weight is 382 g/mol. The summed E-state index contributed by atoms with van der Waals surface area (Å²) < 4.78 is 23.0. The van der Waals surface area contributed by atoms with Gasteiger partial charge >= 0.3 is 11.9 Å². The van der Waals surface area contributed by atoms with Crippen molar-refractivity contribution < 1.29 is 28.5 Å². The first-order valence-electron chi connectivity index (χ1n) is 8.69. The lowest BCUT2D eigenvalue weighted by Gasteiger charge is -2.44. The zero-order valence-corrected chi connectivity index (χ0v) is 16.4. The molecule has 0 bridgehead atoms. The predicted octanol–water partition coefficient (Wildman–Crippen LogP) is 2.93. The molecule has 0 aromatic heterocycles. The molecule has 2 rings (SSSR count). The first kappa shape index (κ1) is 20.7. The van der Waals surface area contributed by atoms with Gasteiger partial charge < -0.3 is 18.9 Å². The van der Waals surface area contributed by atoms with E-state index in [4.69, 9.17) is 18.9 Å². The van der Waals surface area contributed by atoms with E-state index in [0.29, 0.717) is 6.61 Å². The molecule has 1 heterocycles. The molecular weight excluding hydrogens is 356 g/mol. The van der Waals surface area contributed by atoms with Crippen LogP contribution in [-0.2, 0) is 35.1 Å². The quantitative estimate of drug-likeness (QED) is 0.672. The molecule has 144 valence electrons. The number of ether oxygens (including phenoxy) is 4. The molecule has 0 spiro atoms. The summed E-state index contributed by atoms with van der Waals surface area (Å²) in [6.45, 7) is 6.83. The van der Waals surface area contributed by atoms with E-state index in [1.54, 1.807) is 18.7 Å². The number of benzene rings is 1. The van der Waals surface area contributed by atoms with Crippen LogP contribution in [0, 0.1) is 0 Å². The summed E-state index contributed by atoms with van der Waals surface area (Å²) in [7, 11) is 0. The summed E-state index contributed by atoms with van der Waals surface area (Å²) in [5.41, 5.74) is 0.673.